The molecule has 0 saturated carbocycles. The first kappa shape index (κ1) is 37.9. The molecule has 260 valence electrons. The zero-order valence-corrected chi connectivity index (χ0v) is 31.5. The van der Waals surface area contributed by atoms with E-state index < -0.39 is 20.3 Å². The van der Waals surface area contributed by atoms with Crippen molar-refractivity contribution in [3.63, 3.8) is 0 Å². The lowest BCUT2D eigenvalue weighted by Crippen LogP contribution is -2.42. The van der Waals surface area contributed by atoms with Gasteiger partial charge in [-0.15, -0.1) is 0 Å². The van der Waals surface area contributed by atoms with Crippen molar-refractivity contribution in [3.8, 4) is 0 Å². The van der Waals surface area contributed by atoms with Gasteiger partial charge in [0, 0.05) is 34.7 Å². The largest absolute Gasteiger partial charge is 0.418 e. The number of aryl methyl sites for hydroxylation is 1. The van der Waals surface area contributed by atoms with Gasteiger partial charge in [-0.25, -0.2) is 4.98 Å². The highest BCUT2D eigenvalue weighted by Crippen LogP contribution is 2.31. The van der Waals surface area contributed by atoms with E-state index in [0.29, 0.717) is 83.9 Å². The summed E-state index contributed by atoms with van der Waals surface area (Å²) in [6.45, 7) is 18.5. The van der Waals surface area contributed by atoms with Crippen molar-refractivity contribution in [2.75, 3.05) is 19.7 Å². The van der Waals surface area contributed by atoms with Crippen molar-refractivity contribution < 1.29 is 14.0 Å². The fourth-order valence-electron chi connectivity index (χ4n) is 5.73. The van der Waals surface area contributed by atoms with Crippen LogP contribution in [0.25, 0.3) is 10.9 Å². The maximum absolute atomic E-state index is 14.3. The summed E-state index contributed by atoms with van der Waals surface area (Å²) in [6, 6.07) is 22.5. The molecule has 3 aromatic carbocycles. The quantitative estimate of drug-likeness (QED) is 0.0774. The lowest BCUT2D eigenvalue weighted by atomic mass is 9.98. The third-order valence-corrected chi connectivity index (χ3v) is 9.52. The lowest BCUT2D eigenvalue weighted by molar-refractivity contribution is -0.114. The zero-order chi connectivity index (χ0) is 35.7. The molecule has 0 saturated heterocycles. The topological polar surface area (TPSA) is 103 Å². The summed E-state index contributed by atoms with van der Waals surface area (Å²) in [5.74, 6) is 0.0185. The molecule has 0 aliphatic rings. The molecule has 1 aromatic heterocycles. The van der Waals surface area contributed by atoms with E-state index in [1.165, 1.54) is 0 Å². The summed E-state index contributed by atoms with van der Waals surface area (Å²) >= 11 is 6.52. The van der Waals surface area contributed by atoms with Gasteiger partial charge in [0.15, 0.2) is 8.32 Å². The van der Waals surface area contributed by atoms with Crippen molar-refractivity contribution in [2.45, 2.75) is 72.3 Å². The van der Waals surface area contributed by atoms with E-state index in [0.717, 1.165) is 11.1 Å². The predicted octanol–water partition coefficient (Wildman–Crippen LogP) is 7.85. The molecular formula is C39H50ClN5O3Si. The van der Waals surface area contributed by atoms with Gasteiger partial charge in [0.2, 0.25) is 0 Å². The number of amides is 2. The van der Waals surface area contributed by atoms with E-state index in [-0.39, 0.29) is 11.8 Å². The van der Waals surface area contributed by atoms with Crippen LogP contribution in [0.2, 0.25) is 24.7 Å². The van der Waals surface area contributed by atoms with Gasteiger partial charge in [-0.3, -0.25) is 9.59 Å². The summed E-state index contributed by atoms with van der Waals surface area (Å²) < 4.78 is 7.97. The van der Waals surface area contributed by atoms with Gasteiger partial charge >= 0.3 is 0 Å². The Morgan fingerprint density at radius 3 is 2.37 bits per heavy atom. The van der Waals surface area contributed by atoms with E-state index >= 15 is 0 Å². The first-order valence-corrected chi connectivity index (χ1v) is 20.8. The molecule has 1 unspecified atom stereocenters. The highest BCUT2D eigenvalue weighted by Gasteiger charge is 2.32. The standard InChI is InChI=1S/C39H50ClN5O3Si/c1-27(2)35(44(23-12-22-41)39(47)31-18-16-28(3)17-19-31)37-42-34-25-32(40)20-21-33(34)36(45(37)26-30-14-9-8-10-15-30)43-38(46)29(4)13-11-24-48-49(5,6)7/h8-10,14-21,25,27,35H,4,11-13,22-24,26,41H2,1-3,5-7H3/b43-36-. The minimum atomic E-state index is -1.67. The van der Waals surface area contributed by atoms with Gasteiger partial charge in [-0.2, -0.15) is 4.99 Å². The van der Waals surface area contributed by atoms with Gasteiger partial charge in [0.05, 0.1) is 18.1 Å². The molecule has 4 rings (SSSR count). The minimum absolute atomic E-state index is 0.0665. The van der Waals surface area contributed by atoms with Crippen LogP contribution in [0.4, 0.5) is 0 Å². The second kappa shape index (κ2) is 17.2. The van der Waals surface area contributed by atoms with E-state index in [9.17, 15) is 9.59 Å². The Morgan fingerprint density at radius 2 is 1.73 bits per heavy atom. The number of hydrogen-bond acceptors (Lipinski definition) is 5. The number of carbonyl (C=O) groups excluding carboxylic acids is 2. The maximum atomic E-state index is 14.3. The highest BCUT2D eigenvalue weighted by molar-refractivity contribution is 6.69. The molecule has 0 aliphatic carbocycles. The normalized spacial score (nSPS) is 12.8. The van der Waals surface area contributed by atoms with Crippen LogP contribution in [0.5, 0.6) is 0 Å². The SMILES string of the molecule is C=C(CCCO[Si](C)(C)C)C(=O)/N=c1/c2ccc(Cl)cc2nc(C(C(C)C)N(CCCN)C(=O)c2ccc(C)cc2)n1Cc1ccccc1. The summed E-state index contributed by atoms with van der Waals surface area (Å²) in [7, 11) is -1.67. The molecule has 2 amide bonds. The predicted molar refractivity (Wildman–Crippen MR) is 202 cm³/mol. The second-order valence-electron chi connectivity index (χ2n) is 13.8. The van der Waals surface area contributed by atoms with Crippen molar-refractivity contribution in [1.82, 2.24) is 14.5 Å². The summed E-state index contributed by atoms with van der Waals surface area (Å²) in [4.78, 5) is 40.0. The molecule has 8 nitrogen and oxygen atoms in total. The number of carbonyl (C=O) groups is 2. The van der Waals surface area contributed by atoms with Crippen LogP contribution in [0.3, 0.4) is 0 Å². The van der Waals surface area contributed by atoms with Gasteiger partial charge in [0.25, 0.3) is 11.8 Å². The van der Waals surface area contributed by atoms with Crippen molar-refractivity contribution >= 4 is 42.6 Å². The Balaban J connectivity index is 1.95. The van der Waals surface area contributed by atoms with Crippen molar-refractivity contribution in [3.05, 3.63) is 118 Å². The molecule has 0 spiro atoms. The van der Waals surface area contributed by atoms with Crippen molar-refractivity contribution in [1.29, 1.82) is 0 Å². The lowest BCUT2D eigenvalue weighted by Gasteiger charge is -2.36. The fraction of sp³-hybridized carbons (Fsp3) is 0.385. The van der Waals surface area contributed by atoms with Crippen LogP contribution in [-0.2, 0) is 15.8 Å². The fourth-order valence-corrected chi connectivity index (χ4v) is 6.65. The number of benzene rings is 3. The molecule has 0 aliphatic heterocycles. The number of nitrogens with zero attached hydrogens (tertiary/aromatic N) is 4. The molecule has 2 N–H and O–H groups in total. The smallest absolute Gasteiger partial charge is 0.274 e. The van der Waals surface area contributed by atoms with Gasteiger partial charge in [-0.1, -0.05) is 80.1 Å². The van der Waals surface area contributed by atoms with Crippen LogP contribution >= 0.6 is 11.6 Å². The van der Waals surface area contributed by atoms with Gasteiger partial charge in [-0.05, 0) is 94.2 Å². The highest BCUT2D eigenvalue weighted by atomic mass is 35.5. The molecule has 0 fully saturated rings. The summed E-state index contributed by atoms with van der Waals surface area (Å²) in [5, 5.41) is 1.18. The Kier molecular flexibility index (Phi) is 13.3. The third-order valence-electron chi connectivity index (χ3n) is 8.21. The molecule has 0 bridgehead atoms. The number of fused-ring (bicyclic) bond motifs is 1. The molecule has 10 heteroatoms. The molecule has 1 atom stereocenters. The van der Waals surface area contributed by atoms with E-state index in [2.05, 4.69) is 40.1 Å². The van der Waals surface area contributed by atoms with E-state index in [1.54, 1.807) is 12.1 Å². The number of halogens is 1. The number of nitrogens with two attached hydrogens (primary N) is 1. The van der Waals surface area contributed by atoms with Crippen LogP contribution < -0.4 is 11.2 Å². The molecule has 4 aromatic rings. The minimum Gasteiger partial charge on any atom is -0.418 e. The molecular weight excluding hydrogens is 650 g/mol. The van der Waals surface area contributed by atoms with Crippen LogP contribution in [0.15, 0.2) is 89.9 Å². The first-order chi connectivity index (χ1) is 23.3. The van der Waals surface area contributed by atoms with E-state index in [4.69, 9.17) is 31.7 Å². The molecule has 49 heavy (non-hydrogen) atoms. The molecule has 0 radical (unpaired) electrons. The number of rotatable bonds is 15. The summed E-state index contributed by atoms with van der Waals surface area (Å²) in [5.41, 5.74) is 10.1. The Hall–Kier alpha value is -3.89. The van der Waals surface area contributed by atoms with Crippen molar-refractivity contribution in [2.24, 2.45) is 16.6 Å². The zero-order valence-electron chi connectivity index (χ0n) is 29.7. The maximum Gasteiger partial charge on any atom is 0.274 e. The third kappa shape index (κ3) is 10.3. The number of hydrogen-bond donors (Lipinski definition) is 1. The van der Waals surface area contributed by atoms with E-state index in [1.807, 2.05) is 77.1 Å². The Morgan fingerprint density at radius 1 is 1.04 bits per heavy atom. The first-order valence-electron chi connectivity index (χ1n) is 17.0. The average Bonchev–Trinajstić information content (AvgIpc) is 3.05. The Bertz CT molecular complexity index is 1830. The Labute approximate surface area is 296 Å². The molecule has 1 heterocycles. The monoisotopic (exact) mass is 699 g/mol. The van der Waals surface area contributed by atoms with Crippen LogP contribution in [0, 0.1) is 12.8 Å². The van der Waals surface area contributed by atoms with Crippen LogP contribution in [0.1, 0.15) is 66.5 Å². The second-order valence-corrected chi connectivity index (χ2v) is 18.8. The van der Waals surface area contributed by atoms with Gasteiger partial charge < -0.3 is 19.6 Å². The average molecular weight is 700 g/mol. The van der Waals surface area contributed by atoms with Crippen LogP contribution in [-0.4, -0.2) is 54.3 Å². The number of aromatic nitrogens is 2. The van der Waals surface area contributed by atoms with Gasteiger partial charge in [0.1, 0.15) is 11.3 Å². The summed E-state index contributed by atoms with van der Waals surface area (Å²) in [6.07, 6.45) is 1.76.